The number of amides is 1. The Morgan fingerprint density at radius 1 is 1.21 bits per heavy atom. The van der Waals surface area contributed by atoms with Gasteiger partial charge < -0.3 is 10.6 Å². The molecule has 19 heavy (non-hydrogen) atoms. The molecule has 0 aromatic heterocycles. The van der Waals surface area contributed by atoms with Crippen LogP contribution in [0, 0.1) is 5.92 Å². The minimum atomic E-state index is 0.199. The van der Waals surface area contributed by atoms with Crippen LogP contribution in [0.2, 0.25) is 0 Å². The monoisotopic (exact) mass is 258 g/mol. The van der Waals surface area contributed by atoms with Crippen LogP contribution in [0.4, 0.5) is 0 Å². The lowest BCUT2D eigenvalue weighted by atomic mass is 9.96. The van der Waals surface area contributed by atoms with Crippen molar-refractivity contribution in [1.29, 1.82) is 0 Å². The molecule has 1 aliphatic carbocycles. The molecular formula is C16H22N2O. The first-order valence-electron chi connectivity index (χ1n) is 7.39. The van der Waals surface area contributed by atoms with Gasteiger partial charge in [0.25, 0.3) is 5.91 Å². The third-order valence-electron chi connectivity index (χ3n) is 4.58. The maximum absolute atomic E-state index is 12.5. The molecule has 3 heteroatoms. The molecule has 0 spiro atoms. The van der Waals surface area contributed by atoms with Gasteiger partial charge in [-0.25, -0.2) is 0 Å². The quantitative estimate of drug-likeness (QED) is 0.881. The number of fused-ring (bicyclic) bond motifs is 1. The summed E-state index contributed by atoms with van der Waals surface area (Å²) < 4.78 is 0. The van der Waals surface area contributed by atoms with E-state index in [9.17, 15) is 4.79 Å². The number of benzene rings is 1. The Hall–Kier alpha value is -1.35. The van der Waals surface area contributed by atoms with Gasteiger partial charge in [-0.2, -0.15) is 0 Å². The Labute approximate surface area is 114 Å². The van der Waals surface area contributed by atoms with Gasteiger partial charge in [0, 0.05) is 18.7 Å². The van der Waals surface area contributed by atoms with Crippen molar-refractivity contribution in [2.24, 2.45) is 11.7 Å². The second-order valence-electron chi connectivity index (χ2n) is 5.81. The van der Waals surface area contributed by atoms with Crippen LogP contribution in [0.25, 0.3) is 0 Å². The van der Waals surface area contributed by atoms with E-state index in [0.29, 0.717) is 5.92 Å². The molecule has 2 aliphatic rings. The predicted molar refractivity (Wildman–Crippen MR) is 76.1 cm³/mol. The number of piperidine rings is 1. The topological polar surface area (TPSA) is 46.3 Å². The molecule has 0 unspecified atom stereocenters. The molecule has 0 atom stereocenters. The fraction of sp³-hybridized carbons (Fsp3) is 0.562. The smallest absolute Gasteiger partial charge is 0.253 e. The molecule has 0 saturated carbocycles. The molecule has 3 rings (SSSR count). The van der Waals surface area contributed by atoms with Crippen LogP contribution in [0.1, 0.15) is 40.7 Å². The van der Waals surface area contributed by atoms with Gasteiger partial charge >= 0.3 is 0 Å². The zero-order valence-corrected chi connectivity index (χ0v) is 11.4. The molecule has 3 nitrogen and oxygen atoms in total. The van der Waals surface area contributed by atoms with E-state index in [1.54, 1.807) is 0 Å². The van der Waals surface area contributed by atoms with E-state index in [0.717, 1.165) is 44.5 Å². The SMILES string of the molecule is NCC1CCN(C(=O)c2ccc3c(c2)CCC3)CC1. The molecule has 2 N–H and O–H groups in total. The van der Waals surface area contributed by atoms with Gasteiger partial charge in [-0.3, -0.25) is 4.79 Å². The standard InChI is InChI=1S/C16H22N2O/c17-11-12-6-8-18(9-7-12)16(19)15-5-4-13-2-1-3-14(13)10-15/h4-5,10,12H,1-3,6-9,11,17H2. The third kappa shape index (κ3) is 2.52. The van der Waals surface area contributed by atoms with Crippen LogP contribution in [-0.2, 0) is 12.8 Å². The number of hydrogen-bond acceptors (Lipinski definition) is 2. The maximum atomic E-state index is 12.5. The average molecular weight is 258 g/mol. The average Bonchev–Trinajstić information content (AvgIpc) is 2.94. The highest BCUT2D eigenvalue weighted by atomic mass is 16.2. The fourth-order valence-electron chi connectivity index (χ4n) is 3.26. The minimum absolute atomic E-state index is 0.199. The highest BCUT2D eigenvalue weighted by Gasteiger charge is 2.23. The first-order valence-corrected chi connectivity index (χ1v) is 7.39. The minimum Gasteiger partial charge on any atom is -0.339 e. The van der Waals surface area contributed by atoms with E-state index in [1.165, 1.54) is 24.0 Å². The van der Waals surface area contributed by atoms with Gasteiger partial charge in [0.2, 0.25) is 0 Å². The first kappa shape index (κ1) is 12.7. The fourth-order valence-corrected chi connectivity index (χ4v) is 3.26. The first-order chi connectivity index (χ1) is 9.28. The molecule has 1 heterocycles. The molecule has 1 aromatic rings. The van der Waals surface area contributed by atoms with E-state index >= 15 is 0 Å². The van der Waals surface area contributed by atoms with Crippen molar-refractivity contribution in [3.63, 3.8) is 0 Å². The molecule has 1 aliphatic heterocycles. The number of hydrogen-bond donors (Lipinski definition) is 1. The van der Waals surface area contributed by atoms with E-state index in [4.69, 9.17) is 5.73 Å². The number of carbonyl (C=O) groups excluding carboxylic acids is 1. The predicted octanol–water partition coefficient (Wildman–Crippen LogP) is 1.99. The highest BCUT2D eigenvalue weighted by Crippen LogP contribution is 2.24. The van der Waals surface area contributed by atoms with E-state index in [1.807, 2.05) is 11.0 Å². The molecular weight excluding hydrogens is 236 g/mol. The van der Waals surface area contributed by atoms with Crippen LogP contribution < -0.4 is 5.73 Å². The van der Waals surface area contributed by atoms with Crippen molar-refractivity contribution < 1.29 is 4.79 Å². The zero-order chi connectivity index (χ0) is 13.2. The van der Waals surface area contributed by atoms with Gasteiger partial charge in [-0.1, -0.05) is 6.07 Å². The lowest BCUT2D eigenvalue weighted by Gasteiger charge is -2.31. The molecule has 1 saturated heterocycles. The second-order valence-corrected chi connectivity index (χ2v) is 5.81. The van der Waals surface area contributed by atoms with Gasteiger partial charge in [-0.15, -0.1) is 0 Å². The lowest BCUT2D eigenvalue weighted by Crippen LogP contribution is -2.40. The van der Waals surface area contributed by atoms with Crippen LogP contribution in [0.5, 0.6) is 0 Å². The van der Waals surface area contributed by atoms with Crippen LogP contribution in [0.15, 0.2) is 18.2 Å². The van der Waals surface area contributed by atoms with Gasteiger partial charge in [0.05, 0.1) is 0 Å². The lowest BCUT2D eigenvalue weighted by molar-refractivity contribution is 0.0693. The zero-order valence-electron chi connectivity index (χ0n) is 11.4. The summed E-state index contributed by atoms with van der Waals surface area (Å²) in [5, 5.41) is 0. The number of aryl methyl sites for hydroxylation is 2. The van der Waals surface area contributed by atoms with Crippen LogP contribution in [0.3, 0.4) is 0 Å². The third-order valence-corrected chi connectivity index (χ3v) is 4.58. The van der Waals surface area contributed by atoms with E-state index in [-0.39, 0.29) is 5.91 Å². The van der Waals surface area contributed by atoms with Crippen molar-refractivity contribution in [1.82, 2.24) is 4.90 Å². The molecule has 102 valence electrons. The Morgan fingerprint density at radius 2 is 1.95 bits per heavy atom. The summed E-state index contributed by atoms with van der Waals surface area (Å²) in [6.45, 7) is 2.47. The number of nitrogens with two attached hydrogens (primary N) is 1. The molecule has 1 amide bonds. The number of rotatable bonds is 2. The highest BCUT2D eigenvalue weighted by molar-refractivity contribution is 5.94. The largest absolute Gasteiger partial charge is 0.339 e. The number of likely N-dealkylation sites (tertiary alicyclic amines) is 1. The summed E-state index contributed by atoms with van der Waals surface area (Å²) in [5.74, 6) is 0.800. The Balaban J connectivity index is 1.70. The van der Waals surface area contributed by atoms with Crippen molar-refractivity contribution in [2.45, 2.75) is 32.1 Å². The summed E-state index contributed by atoms with van der Waals surface area (Å²) >= 11 is 0. The van der Waals surface area contributed by atoms with Crippen molar-refractivity contribution >= 4 is 5.91 Å². The van der Waals surface area contributed by atoms with E-state index < -0.39 is 0 Å². The molecule has 0 radical (unpaired) electrons. The Morgan fingerprint density at radius 3 is 2.68 bits per heavy atom. The normalized spacial score (nSPS) is 19.5. The van der Waals surface area contributed by atoms with Crippen LogP contribution in [-0.4, -0.2) is 30.4 Å². The number of carbonyl (C=O) groups is 1. The number of nitrogens with zero attached hydrogens (tertiary/aromatic N) is 1. The molecule has 1 aromatic carbocycles. The summed E-state index contributed by atoms with van der Waals surface area (Å²) in [5.41, 5.74) is 9.37. The molecule has 0 bridgehead atoms. The van der Waals surface area contributed by atoms with Crippen molar-refractivity contribution in [2.75, 3.05) is 19.6 Å². The van der Waals surface area contributed by atoms with Gasteiger partial charge in [0.1, 0.15) is 0 Å². The summed E-state index contributed by atoms with van der Waals surface area (Å²) in [4.78, 5) is 14.5. The van der Waals surface area contributed by atoms with Crippen molar-refractivity contribution in [3.05, 3.63) is 34.9 Å². The van der Waals surface area contributed by atoms with Gasteiger partial charge in [0.15, 0.2) is 0 Å². The van der Waals surface area contributed by atoms with Crippen LogP contribution >= 0.6 is 0 Å². The van der Waals surface area contributed by atoms with E-state index in [2.05, 4.69) is 12.1 Å². The summed E-state index contributed by atoms with van der Waals surface area (Å²) in [7, 11) is 0. The summed E-state index contributed by atoms with van der Waals surface area (Å²) in [6.07, 6.45) is 5.63. The summed E-state index contributed by atoms with van der Waals surface area (Å²) in [6, 6.07) is 6.25. The second kappa shape index (κ2) is 5.33. The Bertz CT molecular complexity index is 476. The van der Waals surface area contributed by atoms with Gasteiger partial charge in [-0.05, 0) is 67.8 Å². The maximum Gasteiger partial charge on any atom is 0.253 e. The van der Waals surface area contributed by atoms with Crippen molar-refractivity contribution in [3.8, 4) is 0 Å². The Kier molecular flexibility index (Phi) is 3.56. The molecule has 1 fully saturated rings.